The van der Waals surface area contributed by atoms with E-state index >= 15 is 0 Å². The molecule has 0 radical (unpaired) electrons. The van der Waals surface area contributed by atoms with E-state index in [1.165, 1.54) is 68.5 Å². The molecular weight excluding hydrogens is 1650 g/mol. The van der Waals surface area contributed by atoms with Gasteiger partial charge in [-0.15, -0.1) is 0 Å². The van der Waals surface area contributed by atoms with Gasteiger partial charge in [-0.3, -0.25) is 0 Å². The molecule has 14 heteroatoms. The van der Waals surface area contributed by atoms with Crippen LogP contribution in [0.2, 0.25) is 0 Å². The summed E-state index contributed by atoms with van der Waals surface area (Å²) in [4.78, 5) is 43.0. The van der Waals surface area contributed by atoms with E-state index in [9.17, 15) is 9.59 Å². The van der Waals surface area contributed by atoms with E-state index in [-0.39, 0.29) is 79.3 Å². The number of benzene rings is 15. The Morgan fingerprint density at radius 3 is 0.698 bits per heavy atom. The van der Waals surface area contributed by atoms with Gasteiger partial charge in [0.2, 0.25) is 0 Å². The van der Waals surface area contributed by atoms with Crippen molar-refractivity contribution in [2.24, 2.45) is 0 Å². The van der Waals surface area contributed by atoms with Crippen LogP contribution in [0.4, 0.5) is 4.79 Å². The molecule has 15 aromatic rings. The van der Waals surface area contributed by atoms with E-state index in [1.807, 2.05) is 116 Å². The number of rotatable bonds is 28. The predicted molar refractivity (Wildman–Crippen MR) is 522 cm³/mol. The van der Waals surface area contributed by atoms with E-state index in [0.29, 0.717) is 11.5 Å². The number of carbonyl (C=O) groups is 2. The van der Waals surface area contributed by atoms with E-state index < -0.39 is 17.4 Å². The molecule has 0 heterocycles. The fourth-order valence-corrected chi connectivity index (χ4v) is 23.1. The van der Waals surface area contributed by atoms with Crippen molar-refractivity contribution in [3.63, 3.8) is 0 Å². The van der Waals surface area contributed by atoms with E-state index in [4.69, 9.17) is 33.2 Å². The summed E-state index contributed by atoms with van der Waals surface area (Å²) in [5, 5.41) is 0. The molecule has 126 heavy (non-hydrogen) atoms. The van der Waals surface area contributed by atoms with Crippen molar-refractivity contribution in [2.75, 3.05) is 13.2 Å². The Balaban J connectivity index is 0.000000153. The minimum atomic E-state index is -0.694. The second-order valence-corrected chi connectivity index (χ2v) is 41.3. The lowest BCUT2D eigenvalue weighted by molar-refractivity contribution is -0.157. The van der Waals surface area contributed by atoms with E-state index in [0.717, 1.165) is 48.0 Å². The van der Waals surface area contributed by atoms with E-state index in [1.54, 1.807) is 0 Å². The highest BCUT2D eigenvalue weighted by molar-refractivity contribution is 7.98. The van der Waals surface area contributed by atoms with Gasteiger partial charge in [0.25, 0.3) is 0 Å². The zero-order valence-electron chi connectivity index (χ0n) is 73.8. The molecule has 0 saturated carbocycles. The molecular formula is C112H115O9S5+5. The van der Waals surface area contributed by atoms with Crippen LogP contribution in [0.15, 0.2) is 498 Å². The van der Waals surface area contributed by atoms with Gasteiger partial charge < -0.3 is 33.2 Å². The Hall–Kier alpha value is -12.0. The van der Waals surface area contributed by atoms with Crippen molar-refractivity contribution in [2.45, 2.75) is 192 Å². The molecule has 0 fully saturated rings. The van der Waals surface area contributed by atoms with Crippen LogP contribution in [0.3, 0.4) is 0 Å². The maximum Gasteiger partial charge on any atom is 0.514 e. The summed E-state index contributed by atoms with van der Waals surface area (Å²) in [6.45, 7) is 22.2. The Morgan fingerprint density at radius 2 is 0.476 bits per heavy atom. The first kappa shape index (κ1) is 94.7. The SMILES string of the molecule is CC(C)(C)OC(=O)COc1ccc([S+](c2ccccc2)c2ccccc2)cc1.CC(C)(C)OC(=O)Oc1ccc([S+](c2ccccc2)c2ccccc2)cc1.CC(C)Oc1ccc([S+](c2ccccc2)c2ccccc2)cc1.CCC(C)Oc1ccc([S+](c2ccccc2)c2ccccc2)cc1.CCCCOc1ccc([S+](c2ccccc2)c2ccccc2)cc1. The second kappa shape index (κ2) is 49.6. The van der Waals surface area contributed by atoms with Crippen LogP contribution < -0.4 is 23.7 Å². The fraction of sp³-hybridized carbons (Fsp3) is 0.179. The molecule has 0 spiro atoms. The van der Waals surface area contributed by atoms with Crippen LogP contribution >= 0.6 is 0 Å². The molecule has 9 nitrogen and oxygen atoms in total. The number of hydrogen-bond acceptors (Lipinski definition) is 9. The molecule has 0 N–H and O–H groups in total. The van der Waals surface area contributed by atoms with Crippen molar-refractivity contribution in [3.8, 4) is 28.7 Å². The van der Waals surface area contributed by atoms with Gasteiger partial charge >= 0.3 is 12.1 Å². The Kier molecular flexibility index (Phi) is 37.3. The Labute approximate surface area is 762 Å². The van der Waals surface area contributed by atoms with Crippen molar-refractivity contribution >= 4 is 66.6 Å². The molecule has 0 aliphatic heterocycles. The largest absolute Gasteiger partial charge is 0.514 e. The topological polar surface area (TPSA) is 98.8 Å². The third-order valence-electron chi connectivity index (χ3n) is 18.5. The second-order valence-electron chi connectivity index (χ2n) is 31.2. The van der Waals surface area contributed by atoms with Gasteiger partial charge in [-0.1, -0.05) is 202 Å². The van der Waals surface area contributed by atoms with Crippen molar-refractivity contribution in [1.29, 1.82) is 0 Å². The first-order valence-corrected chi connectivity index (χ1v) is 48.8. The Morgan fingerprint density at radius 1 is 0.262 bits per heavy atom. The molecule has 15 aromatic carbocycles. The number of hydrogen-bond donors (Lipinski definition) is 0. The van der Waals surface area contributed by atoms with Crippen LogP contribution in [-0.2, 0) is 68.7 Å². The minimum Gasteiger partial charge on any atom is -0.494 e. The number of unbranched alkanes of at least 4 members (excludes halogenated alkanes) is 1. The summed E-state index contributed by atoms with van der Waals surface area (Å²) in [6.07, 6.45) is 3.02. The summed E-state index contributed by atoms with van der Waals surface area (Å²) in [5.41, 5.74) is -1.09. The lowest BCUT2D eigenvalue weighted by Gasteiger charge is -2.19. The number of esters is 1. The average molecular weight is 1770 g/mol. The summed E-state index contributed by atoms with van der Waals surface area (Å²) in [6, 6.07) is 147. The Bertz CT molecular complexity index is 5380. The van der Waals surface area contributed by atoms with E-state index in [2.05, 4.69) is 385 Å². The maximum absolute atomic E-state index is 11.8. The highest BCUT2D eigenvalue weighted by atomic mass is 32.2. The smallest absolute Gasteiger partial charge is 0.494 e. The highest BCUT2D eigenvalue weighted by Crippen LogP contribution is 2.38. The monoisotopic (exact) mass is 1760 g/mol. The summed E-state index contributed by atoms with van der Waals surface area (Å²) >= 11 is 0. The number of ether oxygens (including phenoxy) is 7. The minimum absolute atomic E-state index is 0.0858. The molecule has 15 rings (SSSR count). The normalized spacial score (nSPS) is 11.3. The quantitative estimate of drug-likeness (QED) is 0.0205. The molecule has 0 amide bonds. The van der Waals surface area contributed by atoms with Gasteiger partial charge in [0.1, 0.15) is 39.9 Å². The van der Waals surface area contributed by atoms with Crippen LogP contribution in [0, 0.1) is 0 Å². The summed E-state index contributed by atoms with van der Waals surface area (Å²) in [5.74, 6) is 3.57. The van der Waals surface area contributed by atoms with Crippen LogP contribution in [-0.4, -0.2) is 48.7 Å². The molecule has 0 aromatic heterocycles. The van der Waals surface area contributed by atoms with Crippen LogP contribution in [0.1, 0.15) is 95.4 Å². The van der Waals surface area contributed by atoms with Gasteiger partial charge in [0.15, 0.2) is 80.0 Å². The zero-order chi connectivity index (χ0) is 88.7. The fourth-order valence-electron chi connectivity index (χ4n) is 12.7. The molecule has 0 saturated heterocycles. The summed E-state index contributed by atoms with van der Waals surface area (Å²) < 4.78 is 38.8. The lowest BCUT2D eigenvalue weighted by Crippen LogP contribution is -2.27. The number of carbonyl (C=O) groups excluding carboxylic acids is 2. The predicted octanol–water partition coefficient (Wildman–Crippen LogP) is 29.1. The first-order chi connectivity index (χ1) is 61.2. The van der Waals surface area contributed by atoms with Gasteiger partial charge in [-0.25, -0.2) is 9.59 Å². The van der Waals surface area contributed by atoms with Gasteiger partial charge in [-0.05, 0) is 318 Å². The van der Waals surface area contributed by atoms with Crippen molar-refractivity contribution < 1.29 is 42.7 Å². The van der Waals surface area contributed by atoms with Crippen molar-refractivity contribution in [3.05, 3.63) is 425 Å². The summed E-state index contributed by atoms with van der Waals surface area (Å²) in [7, 11) is -0.689. The third-order valence-corrected chi connectivity index (χ3v) is 29.7. The molecule has 0 aliphatic rings. The van der Waals surface area contributed by atoms with Gasteiger partial charge in [-0.2, -0.15) is 0 Å². The van der Waals surface area contributed by atoms with Gasteiger partial charge in [0.05, 0.1) is 73.3 Å². The van der Waals surface area contributed by atoms with Gasteiger partial charge in [0, 0.05) is 0 Å². The highest BCUT2D eigenvalue weighted by Gasteiger charge is 2.34. The molecule has 1 unspecified atom stereocenters. The maximum atomic E-state index is 11.8. The van der Waals surface area contributed by atoms with Crippen LogP contribution in [0.25, 0.3) is 0 Å². The van der Waals surface area contributed by atoms with Crippen LogP contribution in [0.5, 0.6) is 28.7 Å². The average Bonchev–Trinajstić information content (AvgIpc) is 0.843. The first-order valence-electron chi connectivity index (χ1n) is 42.7. The standard InChI is InChI=1S/C24H25O3S.C23H23O3S.2C22H23OS.C21H21OS/c1-24(2,3)27-23(25)18-26-19-14-16-22(17-15-19)28(20-10-6-4-7-11-20)21-12-8-5-9-13-21;1-23(2,3)26-22(24)25-18-14-16-21(17-15-18)27(19-10-6-4-7-11-19)20-12-8-5-9-13-20;1-3-18(2)23-19-14-16-22(17-15-19)24(20-10-6-4-7-11-20)21-12-8-5-9-13-21;1-2-3-18-23-19-14-16-22(17-15-19)24(20-10-6-4-7-11-20)21-12-8-5-9-13-21;1-17(2)22-18-13-15-21(16-14-18)23(19-9-5-3-6-10-19)20-11-7-4-8-12-20/h4-17H,18H2,1-3H3;4-17H,1-3H3;4-18H,3H2,1-2H3;4-17H,2-3,18H2,1H3;3-17H,1-2H3/q5*+1. The zero-order valence-corrected chi connectivity index (χ0v) is 77.9. The molecule has 1 atom stereocenters. The molecule has 642 valence electrons. The molecule has 0 aliphatic carbocycles. The lowest BCUT2D eigenvalue weighted by atomic mass is 10.2. The van der Waals surface area contributed by atoms with Crippen molar-refractivity contribution in [1.82, 2.24) is 0 Å². The molecule has 0 bridgehead atoms. The third kappa shape index (κ3) is 30.7.